The molecule has 3 N–H and O–H groups in total. The Morgan fingerprint density at radius 1 is 1.24 bits per heavy atom. The standard InChI is InChI=1S/C19H28N4O2/c1-14-4-6-17(7-5-14)22-19(25)21-11-15-3-2-10-23(13-15)18(24)16-8-9-20-12-16/h4-7,15-16,20H,2-3,8-13H2,1H3,(H2,21,22,25). The maximum absolute atomic E-state index is 12.5. The van der Waals surface area contributed by atoms with Crippen LogP contribution in [0.2, 0.25) is 0 Å². The average molecular weight is 344 g/mol. The molecule has 0 aliphatic carbocycles. The summed E-state index contributed by atoms with van der Waals surface area (Å²) >= 11 is 0. The number of nitrogens with zero attached hydrogens (tertiary/aromatic N) is 1. The van der Waals surface area contributed by atoms with E-state index < -0.39 is 0 Å². The minimum atomic E-state index is -0.188. The highest BCUT2D eigenvalue weighted by Crippen LogP contribution is 2.20. The van der Waals surface area contributed by atoms with E-state index in [1.165, 1.54) is 0 Å². The molecule has 2 unspecified atom stereocenters. The number of hydrogen-bond acceptors (Lipinski definition) is 3. The summed E-state index contributed by atoms with van der Waals surface area (Å²) < 4.78 is 0. The predicted molar refractivity (Wildman–Crippen MR) is 98.5 cm³/mol. The van der Waals surface area contributed by atoms with Gasteiger partial charge in [-0.3, -0.25) is 4.79 Å². The number of piperidine rings is 1. The highest BCUT2D eigenvalue weighted by Gasteiger charge is 2.30. The van der Waals surface area contributed by atoms with Crippen molar-refractivity contribution in [3.63, 3.8) is 0 Å². The van der Waals surface area contributed by atoms with Gasteiger partial charge < -0.3 is 20.9 Å². The van der Waals surface area contributed by atoms with Crippen LogP contribution in [-0.2, 0) is 4.79 Å². The molecule has 2 fully saturated rings. The van der Waals surface area contributed by atoms with Crippen molar-refractivity contribution in [2.24, 2.45) is 11.8 Å². The van der Waals surface area contributed by atoms with Crippen molar-refractivity contribution in [2.45, 2.75) is 26.2 Å². The van der Waals surface area contributed by atoms with Crippen LogP contribution in [0.3, 0.4) is 0 Å². The summed E-state index contributed by atoms with van der Waals surface area (Å²) in [6.45, 7) is 5.96. The van der Waals surface area contributed by atoms with Gasteiger partial charge >= 0.3 is 6.03 Å². The maximum atomic E-state index is 12.5. The van der Waals surface area contributed by atoms with E-state index in [1.54, 1.807) is 0 Å². The van der Waals surface area contributed by atoms with Crippen LogP contribution in [0, 0.1) is 18.8 Å². The molecule has 2 atom stereocenters. The van der Waals surface area contributed by atoms with Crippen molar-refractivity contribution in [3.8, 4) is 0 Å². The summed E-state index contributed by atoms with van der Waals surface area (Å²) in [5.41, 5.74) is 1.95. The molecule has 0 saturated carbocycles. The molecular formula is C19H28N4O2. The number of anilines is 1. The molecule has 2 aliphatic rings. The van der Waals surface area contributed by atoms with E-state index in [1.807, 2.05) is 36.1 Å². The number of urea groups is 1. The lowest BCUT2D eigenvalue weighted by molar-refractivity contribution is -0.136. The Balaban J connectivity index is 1.43. The number of hydrogen-bond donors (Lipinski definition) is 3. The topological polar surface area (TPSA) is 73.5 Å². The Kier molecular flexibility index (Phi) is 5.91. The zero-order chi connectivity index (χ0) is 17.6. The normalized spacial score (nSPS) is 23.3. The first kappa shape index (κ1) is 17.7. The second kappa shape index (κ2) is 8.34. The van der Waals surface area contributed by atoms with Gasteiger partial charge in [0.05, 0.1) is 5.92 Å². The zero-order valence-electron chi connectivity index (χ0n) is 14.9. The summed E-state index contributed by atoms with van der Waals surface area (Å²) in [7, 11) is 0. The van der Waals surface area contributed by atoms with Crippen LogP contribution in [0.4, 0.5) is 10.5 Å². The number of benzene rings is 1. The monoisotopic (exact) mass is 344 g/mol. The smallest absolute Gasteiger partial charge is 0.319 e. The lowest BCUT2D eigenvalue weighted by Gasteiger charge is -2.34. The largest absolute Gasteiger partial charge is 0.342 e. The first-order valence-electron chi connectivity index (χ1n) is 9.23. The molecule has 6 nitrogen and oxygen atoms in total. The molecule has 3 amide bonds. The van der Waals surface area contributed by atoms with Gasteiger partial charge in [-0.25, -0.2) is 4.79 Å². The Morgan fingerprint density at radius 2 is 2.04 bits per heavy atom. The molecule has 2 saturated heterocycles. The highest BCUT2D eigenvalue weighted by atomic mass is 16.2. The third-order valence-electron chi connectivity index (χ3n) is 5.10. The second-order valence-electron chi connectivity index (χ2n) is 7.18. The fourth-order valence-corrected chi connectivity index (χ4v) is 3.60. The Labute approximate surface area is 149 Å². The minimum Gasteiger partial charge on any atom is -0.342 e. The third kappa shape index (κ3) is 4.95. The van der Waals surface area contributed by atoms with Crippen LogP contribution < -0.4 is 16.0 Å². The highest BCUT2D eigenvalue weighted by molar-refractivity contribution is 5.89. The quantitative estimate of drug-likeness (QED) is 0.782. The van der Waals surface area contributed by atoms with Gasteiger partial charge in [0.15, 0.2) is 0 Å². The van der Waals surface area contributed by atoms with Gasteiger partial charge in [0.2, 0.25) is 5.91 Å². The van der Waals surface area contributed by atoms with Crippen molar-refractivity contribution in [1.82, 2.24) is 15.5 Å². The Hall–Kier alpha value is -2.08. The van der Waals surface area contributed by atoms with E-state index >= 15 is 0 Å². The van der Waals surface area contributed by atoms with E-state index in [9.17, 15) is 9.59 Å². The van der Waals surface area contributed by atoms with Crippen LogP contribution in [0.25, 0.3) is 0 Å². The van der Waals surface area contributed by atoms with E-state index in [0.29, 0.717) is 12.5 Å². The van der Waals surface area contributed by atoms with Gasteiger partial charge in [0.25, 0.3) is 0 Å². The summed E-state index contributed by atoms with van der Waals surface area (Å²) in [6, 6.07) is 7.54. The maximum Gasteiger partial charge on any atom is 0.319 e. The average Bonchev–Trinajstić information content (AvgIpc) is 3.16. The SMILES string of the molecule is Cc1ccc(NC(=O)NCC2CCCN(C(=O)C3CCNC3)C2)cc1. The van der Waals surface area contributed by atoms with Gasteiger partial charge in [-0.15, -0.1) is 0 Å². The lowest BCUT2D eigenvalue weighted by Crippen LogP contribution is -2.46. The fraction of sp³-hybridized carbons (Fsp3) is 0.579. The molecule has 136 valence electrons. The Morgan fingerprint density at radius 3 is 2.76 bits per heavy atom. The number of carbonyl (C=O) groups excluding carboxylic acids is 2. The van der Waals surface area contributed by atoms with Crippen molar-refractivity contribution in [3.05, 3.63) is 29.8 Å². The van der Waals surface area contributed by atoms with E-state index in [-0.39, 0.29) is 17.9 Å². The first-order valence-corrected chi connectivity index (χ1v) is 9.23. The molecule has 0 aromatic heterocycles. The lowest BCUT2D eigenvalue weighted by atomic mass is 9.96. The number of carbonyl (C=O) groups is 2. The molecule has 1 aromatic carbocycles. The Bertz CT molecular complexity index is 596. The fourth-order valence-electron chi connectivity index (χ4n) is 3.60. The molecule has 0 radical (unpaired) electrons. The molecular weight excluding hydrogens is 316 g/mol. The summed E-state index contributed by atoms with van der Waals surface area (Å²) in [6.07, 6.45) is 3.01. The van der Waals surface area contributed by atoms with Gasteiger partial charge in [-0.2, -0.15) is 0 Å². The number of amides is 3. The molecule has 25 heavy (non-hydrogen) atoms. The van der Waals surface area contributed by atoms with Crippen molar-refractivity contribution in [2.75, 3.05) is 38.0 Å². The first-order chi connectivity index (χ1) is 12.1. The van der Waals surface area contributed by atoms with E-state index in [2.05, 4.69) is 16.0 Å². The molecule has 1 aromatic rings. The van der Waals surface area contributed by atoms with Crippen LogP contribution >= 0.6 is 0 Å². The van der Waals surface area contributed by atoms with Crippen LogP contribution in [0.5, 0.6) is 0 Å². The van der Waals surface area contributed by atoms with Crippen molar-refractivity contribution in [1.29, 1.82) is 0 Å². The van der Waals surface area contributed by atoms with Crippen LogP contribution in [0.1, 0.15) is 24.8 Å². The second-order valence-corrected chi connectivity index (χ2v) is 7.18. The van der Waals surface area contributed by atoms with Gasteiger partial charge in [0, 0.05) is 31.9 Å². The van der Waals surface area contributed by atoms with Crippen molar-refractivity contribution >= 4 is 17.6 Å². The number of aryl methyl sites for hydroxylation is 1. The molecule has 0 spiro atoms. The minimum absolute atomic E-state index is 0.136. The van der Waals surface area contributed by atoms with Gasteiger partial charge in [-0.05, 0) is 50.8 Å². The van der Waals surface area contributed by atoms with Gasteiger partial charge in [-0.1, -0.05) is 17.7 Å². The summed E-state index contributed by atoms with van der Waals surface area (Å²) in [4.78, 5) is 26.6. The summed E-state index contributed by atoms with van der Waals surface area (Å²) in [5.74, 6) is 0.742. The molecule has 3 rings (SSSR count). The van der Waals surface area contributed by atoms with Gasteiger partial charge in [0.1, 0.15) is 0 Å². The number of likely N-dealkylation sites (tertiary alicyclic amines) is 1. The summed E-state index contributed by atoms with van der Waals surface area (Å²) in [5, 5.41) is 9.05. The molecule has 2 aliphatic heterocycles. The van der Waals surface area contributed by atoms with Crippen molar-refractivity contribution < 1.29 is 9.59 Å². The van der Waals surface area contributed by atoms with E-state index in [4.69, 9.17) is 0 Å². The molecule has 6 heteroatoms. The zero-order valence-corrected chi connectivity index (χ0v) is 14.9. The van der Waals surface area contributed by atoms with Crippen LogP contribution in [-0.4, -0.2) is 49.6 Å². The molecule has 0 bridgehead atoms. The number of rotatable bonds is 4. The predicted octanol–water partition coefficient (Wildman–Crippen LogP) is 1.96. The number of nitrogens with one attached hydrogen (secondary N) is 3. The third-order valence-corrected chi connectivity index (χ3v) is 5.10. The molecule has 2 heterocycles. The van der Waals surface area contributed by atoms with E-state index in [0.717, 1.165) is 56.7 Å². The van der Waals surface area contributed by atoms with Crippen LogP contribution in [0.15, 0.2) is 24.3 Å².